The molecule has 2 aromatic heterocycles. The van der Waals surface area contributed by atoms with Gasteiger partial charge in [0.25, 0.3) is 5.91 Å². The van der Waals surface area contributed by atoms with Crippen molar-refractivity contribution < 1.29 is 33.8 Å². The van der Waals surface area contributed by atoms with E-state index in [0.717, 1.165) is 37.1 Å². The number of carboxylic acid groups (broad SMARTS) is 1. The Kier molecular flexibility index (Phi) is 19.7. The topological polar surface area (TPSA) is 241 Å². The number of thiazole rings is 1. The van der Waals surface area contributed by atoms with E-state index in [4.69, 9.17) is 21.2 Å². The Morgan fingerprint density at radius 1 is 1.08 bits per heavy atom. The Balaban J connectivity index is 1.63. The summed E-state index contributed by atoms with van der Waals surface area (Å²) in [4.78, 5) is 76.3. The lowest BCUT2D eigenvalue weighted by Gasteiger charge is -2.40. The van der Waals surface area contributed by atoms with Crippen LogP contribution in [0.3, 0.4) is 0 Å². The van der Waals surface area contributed by atoms with Gasteiger partial charge in [-0.2, -0.15) is 0 Å². The number of nitrogens with zero attached hydrogens (tertiary/aromatic N) is 6. The number of carboxylic acids is 1. The maximum absolute atomic E-state index is 15.1. The van der Waals surface area contributed by atoms with Gasteiger partial charge in [0.2, 0.25) is 11.8 Å². The standard InChI is InChI=1S/C46H72N10O7S/c1-9-30(4)40(51-42(59)37-15-11-12-21-54(37)8)44(60)56(22-13-10-14-34-27-55(23-20-47)53-52-34)38(29(2)3)25-39(63-31(5)57)43-50-36(28-64-43)41(58)49-35(26-46(6,7)45(61)62)24-32-16-18-33(48)19-17-32/h16-19,27-30,35,37-40H,9-15,20-26,47-48H2,1-8H3,(H,49,58)(H,51,59)(H,61,62)/t30-,35-,37+,38+,39+,40-/m0/s1. The Labute approximate surface area is 382 Å². The SMILES string of the molecule is CC[C@H](C)[C@H](NC(=O)[C@H]1CCCCN1C)C(=O)N(CCCCc1cn(CCN)nn1)[C@H](C[C@@H](OC(C)=O)c1nc(C(=O)N[C@@H](Cc2ccc(N)cc2)CC(C)(C)C(=O)O)cs1)C(C)C. The van der Waals surface area contributed by atoms with Gasteiger partial charge < -0.3 is 36.8 Å². The van der Waals surface area contributed by atoms with Crippen LogP contribution in [0.4, 0.5) is 5.69 Å². The quantitative estimate of drug-likeness (QED) is 0.0428. The number of nitrogens with one attached hydrogen (secondary N) is 2. The number of likely N-dealkylation sites (N-methyl/N-ethyl adjacent to an activating group) is 1. The molecule has 0 spiro atoms. The smallest absolute Gasteiger partial charge is 0.309 e. The van der Waals surface area contributed by atoms with Gasteiger partial charge in [0.05, 0.1) is 23.7 Å². The van der Waals surface area contributed by atoms with Crippen molar-refractivity contribution in [2.45, 2.75) is 149 Å². The monoisotopic (exact) mass is 909 g/mol. The molecule has 3 amide bonds. The van der Waals surface area contributed by atoms with Crippen LogP contribution in [0.2, 0.25) is 0 Å². The number of hydrogen-bond acceptors (Lipinski definition) is 13. The number of anilines is 1. The third-order valence-corrected chi connectivity index (χ3v) is 13.2. The van der Waals surface area contributed by atoms with Crippen molar-refractivity contribution >= 4 is 46.7 Å². The molecule has 0 radical (unpaired) electrons. The van der Waals surface area contributed by atoms with E-state index in [1.807, 2.05) is 58.0 Å². The fourth-order valence-electron chi connectivity index (χ4n) is 8.23. The van der Waals surface area contributed by atoms with E-state index < -0.39 is 47.5 Å². The minimum atomic E-state index is -1.14. The van der Waals surface area contributed by atoms with E-state index in [0.29, 0.717) is 62.4 Å². The highest BCUT2D eigenvalue weighted by Crippen LogP contribution is 2.32. The lowest BCUT2D eigenvalue weighted by atomic mass is 9.84. The number of piperidine rings is 1. The number of aryl methyl sites for hydroxylation is 1. The number of hydrogen-bond donors (Lipinski definition) is 5. The van der Waals surface area contributed by atoms with Crippen molar-refractivity contribution in [1.29, 1.82) is 0 Å². The molecule has 6 atom stereocenters. The summed E-state index contributed by atoms with van der Waals surface area (Å²) in [7, 11) is 1.95. The molecule has 18 heteroatoms. The zero-order valence-corrected chi connectivity index (χ0v) is 39.9. The zero-order chi connectivity index (χ0) is 47.1. The number of nitrogen functional groups attached to an aromatic ring is 1. The summed E-state index contributed by atoms with van der Waals surface area (Å²) < 4.78 is 7.67. The molecular formula is C46H72N10O7S. The van der Waals surface area contributed by atoms with Crippen LogP contribution in [0.1, 0.15) is 133 Å². The van der Waals surface area contributed by atoms with Crippen molar-refractivity contribution in [1.82, 2.24) is 40.4 Å². The van der Waals surface area contributed by atoms with E-state index in [9.17, 15) is 24.3 Å². The molecule has 0 saturated carbocycles. The first-order valence-electron chi connectivity index (χ1n) is 22.7. The number of amides is 3. The maximum Gasteiger partial charge on any atom is 0.309 e. The van der Waals surface area contributed by atoms with Gasteiger partial charge in [-0.1, -0.05) is 57.9 Å². The highest BCUT2D eigenvalue weighted by atomic mass is 32.1. The molecule has 1 aliphatic rings. The lowest BCUT2D eigenvalue weighted by Crippen LogP contribution is -2.59. The number of esters is 1. The molecule has 0 unspecified atom stereocenters. The molecule has 0 aliphatic carbocycles. The minimum absolute atomic E-state index is 0.0947. The van der Waals surface area contributed by atoms with Crippen LogP contribution in [0, 0.1) is 17.3 Å². The summed E-state index contributed by atoms with van der Waals surface area (Å²) in [5.41, 5.74) is 12.8. The number of ether oxygens (including phenoxy) is 1. The second-order valence-electron chi connectivity index (χ2n) is 18.3. The predicted octanol–water partition coefficient (Wildman–Crippen LogP) is 5.00. The number of nitrogens with two attached hydrogens (primary N) is 2. The maximum atomic E-state index is 15.1. The largest absolute Gasteiger partial charge is 0.481 e. The third kappa shape index (κ3) is 15.1. The molecule has 3 aromatic rings. The Morgan fingerprint density at radius 2 is 1.80 bits per heavy atom. The first kappa shape index (κ1) is 51.7. The van der Waals surface area contributed by atoms with Crippen molar-refractivity contribution in [2.24, 2.45) is 23.0 Å². The molecule has 1 aromatic carbocycles. The number of carbonyl (C=O) groups excluding carboxylic acids is 4. The summed E-state index contributed by atoms with van der Waals surface area (Å²) in [6, 6.07) is 5.06. The first-order chi connectivity index (χ1) is 30.3. The summed E-state index contributed by atoms with van der Waals surface area (Å²) in [5, 5.41) is 26.5. The van der Waals surface area contributed by atoms with Crippen LogP contribution in [0.15, 0.2) is 35.8 Å². The molecule has 7 N–H and O–H groups in total. The molecule has 0 bridgehead atoms. The zero-order valence-electron chi connectivity index (χ0n) is 39.0. The molecule has 4 rings (SSSR count). The normalized spacial score (nSPS) is 16.9. The molecule has 1 fully saturated rings. The molecule has 1 saturated heterocycles. The number of rotatable bonds is 25. The Bertz CT molecular complexity index is 1990. The van der Waals surface area contributed by atoms with Gasteiger partial charge in [-0.15, -0.1) is 16.4 Å². The summed E-state index contributed by atoms with van der Waals surface area (Å²) in [5.74, 6) is -2.69. The average molecular weight is 909 g/mol. The van der Waals surface area contributed by atoms with Crippen molar-refractivity contribution in [2.75, 3.05) is 32.4 Å². The predicted molar refractivity (Wildman–Crippen MR) is 247 cm³/mol. The fraction of sp³-hybridized carbons (Fsp3) is 0.652. The number of aliphatic carboxylic acids is 1. The molecular weight excluding hydrogens is 837 g/mol. The van der Waals surface area contributed by atoms with Crippen molar-refractivity contribution in [3.05, 3.63) is 57.8 Å². The van der Waals surface area contributed by atoms with Crippen LogP contribution in [-0.2, 0) is 43.3 Å². The van der Waals surface area contributed by atoms with Gasteiger partial charge in [0.15, 0.2) is 6.10 Å². The highest BCUT2D eigenvalue weighted by Gasteiger charge is 2.39. The van der Waals surface area contributed by atoms with Gasteiger partial charge in [-0.05, 0) is 102 Å². The third-order valence-electron chi connectivity index (χ3n) is 12.3. The average Bonchev–Trinajstić information content (AvgIpc) is 3.92. The van der Waals surface area contributed by atoms with E-state index in [1.54, 1.807) is 36.0 Å². The van der Waals surface area contributed by atoms with Crippen molar-refractivity contribution in [3.63, 3.8) is 0 Å². The lowest BCUT2D eigenvalue weighted by molar-refractivity contribution is -0.150. The van der Waals surface area contributed by atoms with E-state index in [1.165, 1.54) is 18.3 Å². The second kappa shape index (κ2) is 24.4. The molecule has 17 nitrogen and oxygen atoms in total. The molecule has 64 heavy (non-hydrogen) atoms. The highest BCUT2D eigenvalue weighted by molar-refractivity contribution is 7.09. The number of carbonyl (C=O) groups is 5. The molecule has 354 valence electrons. The van der Waals surface area contributed by atoms with Gasteiger partial charge in [0, 0.05) is 55.8 Å². The number of benzene rings is 1. The minimum Gasteiger partial charge on any atom is -0.481 e. The van der Waals surface area contributed by atoms with Crippen LogP contribution in [0.5, 0.6) is 0 Å². The molecule has 3 heterocycles. The Hall–Kier alpha value is -4.94. The Morgan fingerprint density at radius 3 is 2.42 bits per heavy atom. The van der Waals surface area contributed by atoms with E-state index in [-0.39, 0.29) is 48.2 Å². The summed E-state index contributed by atoms with van der Waals surface area (Å²) in [6.07, 6.45) is 6.99. The number of aromatic nitrogens is 4. The molecule has 1 aliphatic heterocycles. The van der Waals surface area contributed by atoms with Gasteiger partial charge in [-0.3, -0.25) is 33.6 Å². The number of likely N-dealkylation sites (tertiary alicyclic amines) is 1. The number of unbranched alkanes of at least 4 members (excludes halogenated alkanes) is 1. The summed E-state index contributed by atoms with van der Waals surface area (Å²) >= 11 is 1.17. The van der Waals surface area contributed by atoms with E-state index in [2.05, 4.69) is 25.8 Å². The van der Waals surface area contributed by atoms with Crippen LogP contribution < -0.4 is 22.1 Å². The first-order valence-corrected chi connectivity index (χ1v) is 23.6. The van der Waals surface area contributed by atoms with Crippen molar-refractivity contribution in [3.8, 4) is 0 Å². The van der Waals surface area contributed by atoms with Crippen LogP contribution in [-0.4, -0.2) is 115 Å². The van der Waals surface area contributed by atoms with Gasteiger partial charge in [-0.25, -0.2) is 4.98 Å². The fourth-order valence-corrected chi connectivity index (χ4v) is 9.07. The van der Waals surface area contributed by atoms with Crippen LogP contribution in [0.25, 0.3) is 0 Å². The summed E-state index contributed by atoms with van der Waals surface area (Å²) in [6.45, 7) is 14.8. The van der Waals surface area contributed by atoms with E-state index >= 15 is 4.79 Å². The van der Waals surface area contributed by atoms with Gasteiger partial charge in [0.1, 0.15) is 16.7 Å². The second-order valence-corrected chi connectivity index (χ2v) is 19.2. The van der Waals surface area contributed by atoms with Crippen LogP contribution >= 0.6 is 11.3 Å². The van der Waals surface area contributed by atoms with Gasteiger partial charge >= 0.3 is 11.9 Å².